The molecule has 0 aliphatic carbocycles. The maximum Gasteiger partial charge on any atom is 0.264 e. The summed E-state index contributed by atoms with van der Waals surface area (Å²) < 4.78 is 0. The number of hydrogen-bond acceptors (Lipinski definition) is 5. The van der Waals surface area contributed by atoms with Crippen LogP contribution in [0.5, 0.6) is 0 Å². The first kappa shape index (κ1) is 19.4. The predicted octanol–water partition coefficient (Wildman–Crippen LogP) is 5.42. The zero-order chi connectivity index (χ0) is 19.7. The van der Waals surface area contributed by atoms with Gasteiger partial charge in [-0.1, -0.05) is 29.3 Å². The molecule has 1 aromatic carbocycles. The van der Waals surface area contributed by atoms with E-state index in [2.05, 4.69) is 10.3 Å². The van der Waals surface area contributed by atoms with Crippen molar-refractivity contribution in [2.45, 2.75) is 18.9 Å². The molecule has 1 atom stereocenters. The molecular formula is C19H15Cl2N3O2S2. The van der Waals surface area contributed by atoms with E-state index in [9.17, 15) is 9.59 Å². The van der Waals surface area contributed by atoms with Crippen LogP contribution in [0.3, 0.4) is 0 Å². The summed E-state index contributed by atoms with van der Waals surface area (Å²) in [6.45, 7) is 0.579. The van der Waals surface area contributed by atoms with Crippen LogP contribution in [-0.4, -0.2) is 34.3 Å². The third kappa shape index (κ3) is 3.93. The van der Waals surface area contributed by atoms with Crippen LogP contribution in [0.1, 0.15) is 22.5 Å². The molecule has 0 unspecified atom stereocenters. The van der Waals surface area contributed by atoms with Gasteiger partial charge in [-0.2, -0.15) is 0 Å². The summed E-state index contributed by atoms with van der Waals surface area (Å²) in [4.78, 5) is 32.2. The lowest BCUT2D eigenvalue weighted by atomic mass is 10.2. The standard InChI is InChI=1S/C19H15Cl2N3O2S2/c20-11-5-6-13(21)12(9-11)14-10-28-19(22-14)23-17(25)15-3-1-7-24(15)18(26)16-4-2-8-27-16/h2,4-6,8-10,15H,1,3,7H2,(H,22,23,25)/t15-/m0/s1. The Hall–Kier alpha value is -1.93. The molecule has 2 aromatic heterocycles. The van der Waals surface area contributed by atoms with Crippen molar-refractivity contribution in [3.63, 3.8) is 0 Å². The maximum absolute atomic E-state index is 12.8. The second kappa shape index (κ2) is 8.21. The zero-order valence-corrected chi connectivity index (χ0v) is 17.7. The Bertz CT molecular complexity index is 1020. The number of benzene rings is 1. The number of carbonyl (C=O) groups is 2. The highest BCUT2D eigenvalue weighted by atomic mass is 35.5. The summed E-state index contributed by atoms with van der Waals surface area (Å²) >= 11 is 15.0. The second-order valence-corrected chi connectivity index (χ2v) is 8.93. The van der Waals surface area contributed by atoms with Gasteiger partial charge in [-0.05, 0) is 42.5 Å². The number of rotatable bonds is 4. The van der Waals surface area contributed by atoms with Crippen molar-refractivity contribution in [3.8, 4) is 11.3 Å². The van der Waals surface area contributed by atoms with Crippen LogP contribution in [0, 0.1) is 0 Å². The van der Waals surface area contributed by atoms with Crippen molar-refractivity contribution in [3.05, 3.63) is 56.0 Å². The van der Waals surface area contributed by atoms with Crippen LogP contribution in [-0.2, 0) is 4.79 Å². The van der Waals surface area contributed by atoms with E-state index in [1.807, 2.05) is 16.8 Å². The predicted molar refractivity (Wildman–Crippen MR) is 115 cm³/mol. The molecule has 1 aliphatic rings. The van der Waals surface area contributed by atoms with E-state index in [1.54, 1.807) is 29.2 Å². The lowest BCUT2D eigenvalue weighted by Crippen LogP contribution is -2.42. The van der Waals surface area contributed by atoms with Crippen LogP contribution >= 0.6 is 45.9 Å². The number of thiophene rings is 1. The molecule has 0 spiro atoms. The molecule has 1 fully saturated rings. The Morgan fingerprint density at radius 1 is 1.21 bits per heavy atom. The fraction of sp³-hybridized carbons (Fsp3) is 0.211. The summed E-state index contributed by atoms with van der Waals surface area (Å²) in [6, 6.07) is 8.29. The van der Waals surface area contributed by atoms with Gasteiger partial charge in [0.2, 0.25) is 5.91 Å². The van der Waals surface area contributed by atoms with E-state index >= 15 is 0 Å². The minimum atomic E-state index is -0.489. The van der Waals surface area contributed by atoms with Gasteiger partial charge in [0.1, 0.15) is 6.04 Å². The molecular weight excluding hydrogens is 437 g/mol. The van der Waals surface area contributed by atoms with Crippen molar-refractivity contribution >= 4 is 62.8 Å². The number of hydrogen-bond donors (Lipinski definition) is 1. The first-order chi connectivity index (χ1) is 13.5. The fourth-order valence-corrected chi connectivity index (χ4v) is 4.94. The Labute approximate surface area is 179 Å². The maximum atomic E-state index is 12.8. The van der Waals surface area contributed by atoms with Gasteiger partial charge in [-0.25, -0.2) is 4.98 Å². The molecule has 3 aromatic rings. The van der Waals surface area contributed by atoms with Crippen LogP contribution in [0.4, 0.5) is 5.13 Å². The van der Waals surface area contributed by atoms with Gasteiger partial charge in [0.15, 0.2) is 5.13 Å². The van der Waals surface area contributed by atoms with E-state index in [-0.39, 0.29) is 11.8 Å². The van der Waals surface area contributed by atoms with Gasteiger partial charge in [0.25, 0.3) is 5.91 Å². The van der Waals surface area contributed by atoms with Gasteiger partial charge >= 0.3 is 0 Å². The van der Waals surface area contributed by atoms with Crippen molar-refractivity contribution in [1.29, 1.82) is 0 Å². The lowest BCUT2D eigenvalue weighted by Gasteiger charge is -2.22. The minimum absolute atomic E-state index is 0.0989. The molecule has 1 N–H and O–H groups in total. The number of anilines is 1. The molecule has 4 rings (SSSR count). The van der Waals surface area contributed by atoms with Crippen molar-refractivity contribution in [2.75, 3.05) is 11.9 Å². The molecule has 9 heteroatoms. The van der Waals surface area contributed by atoms with Gasteiger partial charge in [0.05, 0.1) is 15.6 Å². The molecule has 28 heavy (non-hydrogen) atoms. The first-order valence-corrected chi connectivity index (χ1v) is 11.1. The molecule has 0 bridgehead atoms. The number of aromatic nitrogens is 1. The molecule has 0 radical (unpaired) electrons. The Morgan fingerprint density at radius 3 is 2.86 bits per heavy atom. The minimum Gasteiger partial charge on any atom is -0.326 e. The number of likely N-dealkylation sites (tertiary alicyclic amines) is 1. The Kier molecular flexibility index (Phi) is 5.68. The van der Waals surface area contributed by atoms with Crippen molar-refractivity contribution in [1.82, 2.24) is 9.88 Å². The summed E-state index contributed by atoms with van der Waals surface area (Å²) in [5, 5.41) is 8.08. The largest absolute Gasteiger partial charge is 0.326 e. The molecule has 144 valence electrons. The van der Waals surface area contributed by atoms with Crippen LogP contribution < -0.4 is 5.32 Å². The smallest absolute Gasteiger partial charge is 0.264 e. The van der Waals surface area contributed by atoms with Gasteiger partial charge in [0, 0.05) is 22.5 Å². The molecule has 2 amide bonds. The molecule has 1 saturated heterocycles. The van der Waals surface area contributed by atoms with Crippen LogP contribution in [0.25, 0.3) is 11.3 Å². The average Bonchev–Trinajstić information content (AvgIpc) is 3.44. The SMILES string of the molecule is O=C(Nc1nc(-c2cc(Cl)ccc2Cl)cs1)[C@@H]1CCCN1C(=O)c1cccs1. The van der Waals surface area contributed by atoms with E-state index in [1.165, 1.54) is 22.7 Å². The number of amides is 2. The van der Waals surface area contributed by atoms with Crippen LogP contribution in [0.2, 0.25) is 10.0 Å². The summed E-state index contributed by atoms with van der Waals surface area (Å²) in [7, 11) is 0. The highest BCUT2D eigenvalue weighted by molar-refractivity contribution is 7.14. The number of nitrogens with one attached hydrogen (secondary N) is 1. The highest BCUT2D eigenvalue weighted by Crippen LogP contribution is 2.33. The van der Waals surface area contributed by atoms with E-state index < -0.39 is 6.04 Å². The van der Waals surface area contributed by atoms with Gasteiger partial charge < -0.3 is 10.2 Å². The summed E-state index contributed by atoms with van der Waals surface area (Å²) in [6.07, 6.45) is 1.44. The Morgan fingerprint density at radius 2 is 2.07 bits per heavy atom. The number of carbonyl (C=O) groups excluding carboxylic acids is 2. The third-order valence-corrected chi connectivity index (χ3v) is 6.67. The average molecular weight is 452 g/mol. The molecule has 0 saturated carbocycles. The topological polar surface area (TPSA) is 62.3 Å². The normalized spacial score (nSPS) is 16.4. The van der Waals surface area contributed by atoms with E-state index in [0.717, 1.165) is 6.42 Å². The van der Waals surface area contributed by atoms with Gasteiger partial charge in [-0.15, -0.1) is 22.7 Å². The van der Waals surface area contributed by atoms with E-state index in [4.69, 9.17) is 23.2 Å². The quantitative estimate of drug-likeness (QED) is 0.575. The Balaban J connectivity index is 1.49. The first-order valence-electron chi connectivity index (χ1n) is 8.59. The number of halogens is 2. The van der Waals surface area contributed by atoms with Crippen molar-refractivity contribution in [2.24, 2.45) is 0 Å². The van der Waals surface area contributed by atoms with E-state index in [0.29, 0.717) is 44.3 Å². The fourth-order valence-electron chi connectivity index (χ4n) is 3.16. The molecule has 5 nitrogen and oxygen atoms in total. The van der Waals surface area contributed by atoms with Crippen molar-refractivity contribution < 1.29 is 9.59 Å². The van der Waals surface area contributed by atoms with Gasteiger partial charge in [-0.3, -0.25) is 9.59 Å². The second-order valence-electron chi connectivity index (χ2n) is 6.29. The molecule has 3 heterocycles. The molecule has 1 aliphatic heterocycles. The lowest BCUT2D eigenvalue weighted by molar-refractivity contribution is -0.119. The van der Waals surface area contributed by atoms with Crippen LogP contribution in [0.15, 0.2) is 41.1 Å². The number of thiazole rings is 1. The monoisotopic (exact) mass is 451 g/mol. The highest BCUT2D eigenvalue weighted by Gasteiger charge is 2.35. The summed E-state index contributed by atoms with van der Waals surface area (Å²) in [5.74, 6) is -0.321. The summed E-state index contributed by atoms with van der Waals surface area (Å²) in [5.41, 5.74) is 1.35. The third-order valence-electron chi connectivity index (χ3n) is 4.49. The number of nitrogens with zero attached hydrogens (tertiary/aromatic N) is 2. The zero-order valence-electron chi connectivity index (χ0n) is 14.5.